The number of hydrogen-bond acceptors (Lipinski definition) is 6. The zero-order valence-corrected chi connectivity index (χ0v) is 26.7. The highest BCUT2D eigenvalue weighted by molar-refractivity contribution is 6.76. The Morgan fingerprint density at radius 2 is 1.62 bits per heavy atom. The first-order chi connectivity index (χ1) is 18.8. The molecule has 0 radical (unpaired) electrons. The molecule has 40 heavy (non-hydrogen) atoms. The molecule has 0 saturated carbocycles. The van der Waals surface area contributed by atoms with E-state index in [2.05, 4.69) is 54.7 Å². The first-order valence-electron chi connectivity index (χ1n) is 13.7. The van der Waals surface area contributed by atoms with Crippen LogP contribution in [0, 0.1) is 6.92 Å². The van der Waals surface area contributed by atoms with Crippen molar-refractivity contribution in [2.75, 3.05) is 18.5 Å². The van der Waals surface area contributed by atoms with Gasteiger partial charge in [-0.15, -0.1) is 0 Å². The number of anilines is 1. The third-order valence-electron chi connectivity index (χ3n) is 6.80. The Labute approximate surface area is 237 Å². The number of nitrogens with one attached hydrogen (secondary N) is 1. The first kappa shape index (κ1) is 29.8. The molecular weight excluding hydrogens is 539 g/mol. The van der Waals surface area contributed by atoms with Gasteiger partial charge in [0.25, 0.3) is 5.91 Å². The number of pyridine rings is 1. The maximum Gasteiger partial charge on any atom is 0.256 e. The van der Waals surface area contributed by atoms with Gasteiger partial charge in [0.15, 0.2) is 6.29 Å². The molecule has 0 aliphatic carbocycles. The summed E-state index contributed by atoms with van der Waals surface area (Å²) in [4.78, 5) is 29.3. The Balaban J connectivity index is 1.48. The van der Waals surface area contributed by atoms with Crippen LogP contribution in [0.5, 0.6) is 0 Å². The summed E-state index contributed by atoms with van der Waals surface area (Å²) in [6.07, 6.45) is 2.48. The van der Waals surface area contributed by atoms with Crippen LogP contribution in [-0.2, 0) is 22.9 Å². The largest absolute Gasteiger partial charge is 0.361 e. The highest BCUT2D eigenvalue weighted by Gasteiger charge is 2.17. The average molecular weight is 580 g/mol. The lowest BCUT2D eigenvalue weighted by molar-refractivity contribution is 0.0815. The molecule has 9 nitrogen and oxygen atoms in total. The Kier molecular flexibility index (Phi) is 9.08. The summed E-state index contributed by atoms with van der Waals surface area (Å²) in [5.74, 6) is 0.132. The number of ether oxygens (including phenoxy) is 2. The van der Waals surface area contributed by atoms with Crippen molar-refractivity contribution in [1.29, 1.82) is 0 Å². The molecule has 0 fully saturated rings. The first-order valence-corrected chi connectivity index (χ1v) is 21.1. The minimum Gasteiger partial charge on any atom is -0.361 e. The number of benzene rings is 1. The number of aldehydes is 1. The van der Waals surface area contributed by atoms with Gasteiger partial charge in [-0.2, -0.15) is 5.10 Å². The van der Waals surface area contributed by atoms with Crippen LogP contribution in [0.3, 0.4) is 0 Å². The summed E-state index contributed by atoms with van der Waals surface area (Å²) in [7, 11) is -2.38. The van der Waals surface area contributed by atoms with Crippen LogP contribution in [0.1, 0.15) is 26.5 Å². The average Bonchev–Trinajstić information content (AvgIpc) is 3.39. The number of aryl methyl sites for hydroxylation is 1. The van der Waals surface area contributed by atoms with E-state index < -0.39 is 16.1 Å². The van der Waals surface area contributed by atoms with E-state index in [0.29, 0.717) is 30.4 Å². The van der Waals surface area contributed by atoms with Crippen LogP contribution in [0.25, 0.3) is 21.8 Å². The predicted molar refractivity (Wildman–Crippen MR) is 166 cm³/mol. The number of rotatable bonds is 13. The molecule has 0 saturated heterocycles. The fourth-order valence-electron chi connectivity index (χ4n) is 4.32. The summed E-state index contributed by atoms with van der Waals surface area (Å²) in [6, 6.07) is 11.2. The molecule has 3 aromatic heterocycles. The summed E-state index contributed by atoms with van der Waals surface area (Å²) in [5.41, 5.74) is 3.56. The van der Waals surface area contributed by atoms with E-state index >= 15 is 0 Å². The number of nitrogens with zero attached hydrogens (tertiary/aromatic N) is 4. The van der Waals surface area contributed by atoms with Gasteiger partial charge in [-0.1, -0.05) is 39.3 Å². The van der Waals surface area contributed by atoms with Gasteiger partial charge >= 0.3 is 0 Å². The number of carbonyl (C=O) groups is 2. The van der Waals surface area contributed by atoms with E-state index in [1.54, 1.807) is 24.4 Å². The molecule has 4 aromatic rings. The monoisotopic (exact) mass is 579 g/mol. The van der Waals surface area contributed by atoms with Gasteiger partial charge in [0.2, 0.25) is 0 Å². The van der Waals surface area contributed by atoms with Gasteiger partial charge in [0.05, 0.1) is 22.4 Å². The standard InChI is InChI=1S/C29H41N5O4Si2/c1-21-25-15-22(8-9-26(25)34(32-21)20-38-11-13-40(5,6)7)29(36)31-28-16-27-23(17-30-28)14-24(18-35)33(27)19-37-10-12-39(2,3)4/h8-9,14-18H,10-13,19-20H2,1-7H3,(H,30,31,36). The molecule has 11 heteroatoms. The van der Waals surface area contributed by atoms with Crippen molar-refractivity contribution < 1.29 is 19.1 Å². The molecule has 214 valence electrons. The quantitative estimate of drug-likeness (QED) is 0.112. The number of fused-ring (bicyclic) bond motifs is 2. The highest BCUT2D eigenvalue weighted by Crippen LogP contribution is 2.24. The molecule has 0 bridgehead atoms. The lowest BCUT2D eigenvalue weighted by Crippen LogP contribution is -2.22. The zero-order chi connectivity index (χ0) is 29.1. The summed E-state index contributed by atoms with van der Waals surface area (Å²) < 4.78 is 15.5. The van der Waals surface area contributed by atoms with Crippen molar-refractivity contribution in [3.63, 3.8) is 0 Å². The summed E-state index contributed by atoms with van der Waals surface area (Å²) >= 11 is 0. The van der Waals surface area contributed by atoms with Gasteiger partial charge in [-0.3, -0.25) is 9.59 Å². The van der Waals surface area contributed by atoms with E-state index in [1.807, 2.05) is 28.3 Å². The Hall–Kier alpha value is -3.13. The maximum atomic E-state index is 13.2. The van der Waals surface area contributed by atoms with Crippen molar-refractivity contribution in [1.82, 2.24) is 19.3 Å². The van der Waals surface area contributed by atoms with Gasteiger partial charge in [0.1, 0.15) is 19.3 Å². The smallest absolute Gasteiger partial charge is 0.256 e. The second-order valence-electron chi connectivity index (χ2n) is 12.7. The van der Waals surface area contributed by atoms with Crippen molar-refractivity contribution in [3.8, 4) is 0 Å². The second-order valence-corrected chi connectivity index (χ2v) is 24.0. The molecule has 0 atom stereocenters. The normalized spacial score (nSPS) is 12.4. The van der Waals surface area contributed by atoms with Crippen LogP contribution in [0.2, 0.25) is 51.4 Å². The SMILES string of the molecule is Cc1nn(COCC[Si](C)(C)C)c2ccc(C(=O)Nc3cc4c(cn3)cc(C=O)n4COCC[Si](C)(C)C)cc12. The molecule has 0 spiro atoms. The van der Waals surface area contributed by atoms with E-state index in [0.717, 1.165) is 52.5 Å². The topological polar surface area (TPSA) is 100 Å². The van der Waals surface area contributed by atoms with Gasteiger partial charge < -0.3 is 19.4 Å². The summed E-state index contributed by atoms with van der Waals surface area (Å²) in [5, 5.41) is 9.25. The Morgan fingerprint density at radius 3 is 2.27 bits per heavy atom. The molecule has 0 aliphatic rings. The Morgan fingerprint density at radius 1 is 0.950 bits per heavy atom. The minimum atomic E-state index is -1.22. The van der Waals surface area contributed by atoms with Gasteiger partial charge in [-0.05, 0) is 43.3 Å². The third kappa shape index (κ3) is 7.54. The third-order valence-corrected chi connectivity index (χ3v) is 10.2. The van der Waals surface area contributed by atoms with Crippen molar-refractivity contribution in [2.45, 2.75) is 71.8 Å². The highest BCUT2D eigenvalue weighted by atomic mass is 28.3. The maximum absolute atomic E-state index is 13.2. The van der Waals surface area contributed by atoms with Crippen molar-refractivity contribution >= 4 is 56.0 Å². The van der Waals surface area contributed by atoms with Crippen LogP contribution in [0.15, 0.2) is 36.5 Å². The van der Waals surface area contributed by atoms with Crippen LogP contribution in [0.4, 0.5) is 5.82 Å². The summed E-state index contributed by atoms with van der Waals surface area (Å²) in [6.45, 7) is 17.8. The van der Waals surface area contributed by atoms with Crippen LogP contribution < -0.4 is 5.32 Å². The lowest BCUT2D eigenvalue weighted by atomic mass is 10.1. The van der Waals surface area contributed by atoms with Crippen molar-refractivity contribution in [2.24, 2.45) is 0 Å². The van der Waals surface area contributed by atoms with E-state index in [4.69, 9.17) is 9.47 Å². The van der Waals surface area contributed by atoms with E-state index in [1.165, 1.54) is 0 Å². The second kappa shape index (κ2) is 12.2. The molecule has 0 aliphatic heterocycles. The van der Waals surface area contributed by atoms with E-state index in [-0.39, 0.29) is 12.6 Å². The number of hydrogen-bond donors (Lipinski definition) is 1. The number of aromatic nitrogens is 4. The molecular formula is C29H41N5O4Si2. The van der Waals surface area contributed by atoms with Gasteiger partial charge in [-0.25, -0.2) is 9.67 Å². The zero-order valence-electron chi connectivity index (χ0n) is 24.7. The Bertz CT molecular complexity index is 1510. The number of amides is 1. The fraction of sp³-hybridized carbons (Fsp3) is 0.448. The van der Waals surface area contributed by atoms with Gasteiger partial charge in [0, 0.05) is 58.0 Å². The predicted octanol–water partition coefficient (Wildman–Crippen LogP) is 6.38. The molecule has 1 N–H and O–H groups in total. The molecule has 4 rings (SSSR count). The van der Waals surface area contributed by atoms with Crippen LogP contribution in [-0.4, -0.2) is 60.9 Å². The number of carbonyl (C=O) groups excluding carboxylic acids is 2. The molecule has 1 aromatic carbocycles. The van der Waals surface area contributed by atoms with Crippen molar-refractivity contribution in [3.05, 3.63) is 53.5 Å². The minimum absolute atomic E-state index is 0.265. The molecule has 1 amide bonds. The fourth-order valence-corrected chi connectivity index (χ4v) is 5.83. The van der Waals surface area contributed by atoms with E-state index in [9.17, 15) is 9.59 Å². The molecule has 0 unspecified atom stereocenters. The van der Waals surface area contributed by atoms with Crippen LogP contribution >= 0.6 is 0 Å². The lowest BCUT2D eigenvalue weighted by Gasteiger charge is -2.16. The molecule has 3 heterocycles.